The minimum absolute atomic E-state index is 0.210. The predicted octanol–water partition coefficient (Wildman–Crippen LogP) is 3.76. The summed E-state index contributed by atoms with van der Waals surface area (Å²) in [6.07, 6.45) is 4.92. The van der Waals surface area contributed by atoms with Gasteiger partial charge < -0.3 is 5.32 Å². The van der Waals surface area contributed by atoms with Crippen LogP contribution < -0.4 is 5.32 Å². The summed E-state index contributed by atoms with van der Waals surface area (Å²) < 4.78 is 0. The molecule has 0 aliphatic rings. The van der Waals surface area contributed by atoms with Gasteiger partial charge in [0.1, 0.15) is 0 Å². The fourth-order valence-electron chi connectivity index (χ4n) is 2.65. The van der Waals surface area contributed by atoms with Gasteiger partial charge in [-0.2, -0.15) is 5.10 Å². The number of hydrogen-bond donors (Lipinski definition) is 2. The van der Waals surface area contributed by atoms with E-state index in [0.717, 1.165) is 33.2 Å². The summed E-state index contributed by atoms with van der Waals surface area (Å²) in [4.78, 5) is 16.5. The average molecular weight is 314 g/mol. The van der Waals surface area contributed by atoms with E-state index in [1.807, 2.05) is 54.6 Å². The average Bonchev–Trinajstić information content (AvgIpc) is 3.04. The fraction of sp³-hybridized carbons (Fsp3) is 0. The van der Waals surface area contributed by atoms with Crippen molar-refractivity contribution in [3.05, 3.63) is 72.6 Å². The molecule has 0 bridgehead atoms. The lowest BCUT2D eigenvalue weighted by atomic mass is 10.2. The molecule has 5 heteroatoms. The largest absolute Gasteiger partial charge is 0.322 e. The monoisotopic (exact) mass is 314 g/mol. The molecule has 0 saturated heterocycles. The summed E-state index contributed by atoms with van der Waals surface area (Å²) in [6.45, 7) is 0. The number of para-hydroxylation sites is 1. The molecule has 0 fully saturated rings. The fourth-order valence-corrected chi connectivity index (χ4v) is 2.65. The lowest BCUT2D eigenvalue weighted by Crippen LogP contribution is -2.08. The molecule has 116 valence electrons. The van der Waals surface area contributed by atoms with Gasteiger partial charge in [-0.1, -0.05) is 24.3 Å². The van der Waals surface area contributed by atoms with Crippen molar-refractivity contribution in [3.63, 3.8) is 0 Å². The number of hydrogen-bond acceptors (Lipinski definition) is 3. The Labute approximate surface area is 138 Å². The number of amides is 1. The van der Waals surface area contributed by atoms with Gasteiger partial charge in [0.15, 0.2) is 0 Å². The van der Waals surface area contributed by atoms with Crippen molar-refractivity contribution >= 4 is 39.5 Å². The molecule has 2 N–H and O–H groups in total. The molecule has 24 heavy (non-hydrogen) atoms. The van der Waals surface area contributed by atoms with Crippen LogP contribution in [0.25, 0.3) is 27.9 Å². The number of nitrogens with zero attached hydrogens (tertiary/aromatic N) is 2. The maximum Gasteiger partial charge on any atom is 0.248 e. The molecule has 0 aliphatic carbocycles. The van der Waals surface area contributed by atoms with Crippen molar-refractivity contribution in [2.24, 2.45) is 0 Å². The zero-order valence-corrected chi connectivity index (χ0v) is 12.7. The molecule has 2 heterocycles. The summed E-state index contributed by atoms with van der Waals surface area (Å²) in [6, 6.07) is 17.2. The maximum atomic E-state index is 12.2. The second-order valence-electron chi connectivity index (χ2n) is 5.35. The summed E-state index contributed by atoms with van der Waals surface area (Å²) >= 11 is 0. The number of aromatic nitrogens is 3. The molecule has 0 aliphatic heterocycles. The Morgan fingerprint density at radius 3 is 2.83 bits per heavy atom. The molecule has 0 saturated carbocycles. The number of fused-ring (bicyclic) bond motifs is 2. The van der Waals surface area contributed by atoms with Crippen LogP contribution in [0.5, 0.6) is 0 Å². The van der Waals surface area contributed by atoms with Gasteiger partial charge in [-0.05, 0) is 36.4 Å². The normalized spacial score (nSPS) is 11.3. The summed E-state index contributed by atoms with van der Waals surface area (Å²) in [5.74, 6) is -0.210. The smallest absolute Gasteiger partial charge is 0.248 e. The molecule has 0 spiro atoms. The molecule has 0 radical (unpaired) electrons. The van der Waals surface area contributed by atoms with Gasteiger partial charge in [0.25, 0.3) is 0 Å². The Balaban J connectivity index is 1.58. The van der Waals surface area contributed by atoms with Crippen molar-refractivity contribution in [3.8, 4) is 0 Å². The number of aromatic amines is 1. The lowest BCUT2D eigenvalue weighted by molar-refractivity contribution is -0.111. The van der Waals surface area contributed by atoms with E-state index >= 15 is 0 Å². The van der Waals surface area contributed by atoms with Crippen LogP contribution in [0.2, 0.25) is 0 Å². The molecule has 2 aromatic carbocycles. The lowest BCUT2D eigenvalue weighted by Gasteiger charge is -2.05. The van der Waals surface area contributed by atoms with E-state index < -0.39 is 0 Å². The topological polar surface area (TPSA) is 70.7 Å². The number of pyridine rings is 1. The molecular formula is C19H14N4O. The van der Waals surface area contributed by atoms with E-state index in [0.29, 0.717) is 0 Å². The first kappa shape index (κ1) is 14.1. The van der Waals surface area contributed by atoms with E-state index in [1.54, 1.807) is 12.3 Å². The predicted molar refractivity (Wildman–Crippen MR) is 95.5 cm³/mol. The molecule has 4 rings (SSSR count). The van der Waals surface area contributed by atoms with Crippen LogP contribution in [0.3, 0.4) is 0 Å². The zero-order chi connectivity index (χ0) is 16.4. The standard InChI is InChI=1S/C19H14N4O/c24-19(11-10-18-14-5-1-2-7-17(14)22-23-18)21-16-9-3-8-15-13(16)6-4-12-20-15/h1-12H,(H,21,24)(H,22,23)/b11-10+. The van der Waals surface area contributed by atoms with E-state index in [9.17, 15) is 4.79 Å². The second-order valence-corrected chi connectivity index (χ2v) is 5.35. The van der Waals surface area contributed by atoms with E-state index in [4.69, 9.17) is 0 Å². The second kappa shape index (κ2) is 5.96. The Hall–Kier alpha value is -3.47. The first-order valence-electron chi connectivity index (χ1n) is 7.57. The number of carbonyl (C=O) groups excluding carboxylic acids is 1. The van der Waals surface area contributed by atoms with E-state index in [1.165, 1.54) is 6.08 Å². The van der Waals surface area contributed by atoms with Gasteiger partial charge >= 0.3 is 0 Å². The molecule has 5 nitrogen and oxygen atoms in total. The molecule has 0 atom stereocenters. The molecule has 0 unspecified atom stereocenters. The molecule has 2 aromatic heterocycles. The molecular weight excluding hydrogens is 300 g/mol. The van der Waals surface area contributed by atoms with Crippen molar-refractivity contribution in [2.45, 2.75) is 0 Å². The highest BCUT2D eigenvalue weighted by atomic mass is 16.1. The third-order valence-corrected chi connectivity index (χ3v) is 3.80. The Morgan fingerprint density at radius 1 is 1.00 bits per heavy atom. The first-order chi connectivity index (χ1) is 11.8. The molecule has 4 aromatic rings. The number of nitrogens with one attached hydrogen (secondary N) is 2. The Morgan fingerprint density at radius 2 is 1.88 bits per heavy atom. The zero-order valence-electron chi connectivity index (χ0n) is 12.7. The highest BCUT2D eigenvalue weighted by Crippen LogP contribution is 2.21. The number of carbonyl (C=O) groups is 1. The van der Waals surface area contributed by atoms with E-state index in [-0.39, 0.29) is 5.91 Å². The SMILES string of the molecule is O=C(/C=C/c1n[nH]c2ccccc12)Nc1cccc2ncccc12. The highest BCUT2D eigenvalue weighted by Gasteiger charge is 2.05. The van der Waals surface area contributed by atoms with Crippen LogP contribution in [0.15, 0.2) is 66.9 Å². The van der Waals surface area contributed by atoms with Crippen LogP contribution in [-0.4, -0.2) is 21.1 Å². The Bertz CT molecular complexity index is 1060. The summed E-state index contributed by atoms with van der Waals surface area (Å²) in [5, 5.41) is 12.0. The van der Waals surface area contributed by atoms with Crippen molar-refractivity contribution in [2.75, 3.05) is 5.32 Å². The van der Waals surface area contributed by atoms with Crippen LogP contribution >= 0.6 is 0 Å². The van der Waals surface area contributed by atoms with Gasteiger partial charge in [-0.25, -0.2) is 0 Å². The number of H-pyrrole nitrogens is 1. The maximum absolute atomic E-state index is 12.2. The summed E-state index contributed by atoms with van der Waals surface area (Å²) in [7, 11) is 0. The quantitative estimate of drug-likeness (QED) is 0.566. The van der Waals surface area contributed by atoms with Gasteiger partial charge in [0.05, 0.1) is 22.4 Å². The van der Waals surface area contributed by atoms with Gasteiger partial charge in [-0.3, -0.25) is 14.9 Å². The highest BCUT2D eigenvalue weighted by molar-refractivity contribution is 6.07. The van der Waals surface area contributed by atoms with Crippen molar-refractivity contribution in [1.29, 1.82) is 0 Å². The molecule has 1 amide bonds. The minimum Gasteiger partial charge on any atom is -0.322 e. The first-order valence-corrected chi connectivity index (χ1v) is 7.57. The third-order valence-electron chi connectivity index (χ3n) is 3.80. The van der Waals surface area contributed by atoms with Crippen molar-refractivity contribution in [1.82, 2.24) is 15.2 Å². The van der Waals surface area contributed by atoms with Gasteiger partial charge in [0.2, 0.25) is 5.91 Å². The van der Waals surface area contributed by atoms with Crippen LogP contribution in [0.4, 0.5) is 5.69 Å². The minimum atomic E-state index is -0.210. The van der Waals surface area contributed by atoms with E-state index in [2.05, 4.69) is 20.5 Å². The van der Waals surface area contributed by atoms with Crippen LogP contribution in [-0.2, 0) is 4.79 Å². The van der Waals surface area contributed by atoms with Crippen LogP contribution in [0.1, 0.15) is 5.69 Å². The van der Waals surface area contributed by atoms with Crippen LogP contribution in [0, 0.1) is 0 Å². The number of rotatable bonds is 3. The van der Waals surface area contributed by atoms with Gasteiger partial charge in [-0.15, -0.1) is 0 Å². The summed E-state index contributed by atoms with van der Waals surface area (Å²) in [5.41, 5.74) is 3.26. The van der Waals surface area contributed by atoms with Gasteiger partial charge in [0, 0.05) is 23.0 Å². The number of benzene rings is 2. The Kier molecular flexibility index (Phi) is 3.51. The number of anilines is 1. The third kappa shape index (κ3) is 2.63. The van der Waals surface area contributed by atoms with Crippen molar-refractivity contribution < 1.29 is 4.79 Å².